The molecule has 1 heterocycles. The van der Waals surface area contributed by atoms with Gasteiger partial charge in [0.15, 0.2) is 0 Å². The maximum absolute atomic E-state index is 5.78. The van der Waals surface area contributed by atoms with Gasteiger partial charge in [0.25, 0.3) is 0 Å². The molecule has 1 atom stereocenters. The fraction of sp³-hybridized carbons (Fsp3) is 0.750. The fourth-order valence-corrected chi connectivity index (χ4v) is 1.89. The molecule has 0 aliphatic heterocycles. The Bertz CT molecular complexity index is 306. The molecular weight excluding hydrogens is 200 g/mol. The fourth-order valence-electron chi connectivity index (χ4n) is 1.89. The van der Waals surface area contributed by atoms with Crippen LogP contribution in [0.5, 0.6) is 0 Å². The summed E-state index contributed by atoms with van der Waals surface area (Å²) in [6, 6.07) is 0. The van der Waals surface area contributed by atoms with E-state index in [9.17, 15) is 0 Å². The van der Waals surface area contributed by atoms with E-state index in [1.165, 1.54) is 5.56 Å². The van der Waals surface area contributed by atoms with Crippen LogP contribution in [0.15, 0.2) is 12.4 Å². The normalized spacial score (nSPS) is 13.7. The summed E-state index contributed by atoms with van der Waals surface area (Å²) in [6.45, 7) is 7.21. The summed E-state index contributed by atoms with van der Waals surface area (Å²) >= 11 is 0. The van der Waals surface area contributed by atoms with E-state index in [-0.39, 0.29) is 0 Å². The number of rotatable bonds is 6. The van der Waals surface area contributed by atoms with Gasteiger partial charge < -0.3 is 10.6 Å². The van der Waals surface area contributed by atoms with Crippen LogP contribution >= 0.6 is 0 Å². The second-order valence-electron chi connectivity index (χ2n) is 4.96. The lowest BCUT2D eigenvalue weighted by molar-refractivity contribution is 0.234. The molecule has 0 aliphatic rings. The lowest BCUT2D eigenvalue weighted by atomic mass is 9.95. The number of hydrogen-bond acceptors (Lipinski definition) is 3. The monoisotopic (exact) mass is 224 g/mol. The van der Waals surface area contributed by atoms with Gasteiger partial charge in [-0.3, -0.25) is 4.68 Å². The van der Waals surface area contributed by atoms with Crippen LogP contribution in [0, 0.1) is 11.8 Å². The van der Waals surface area contributed by atoms with Gasteiger partial charge in [0.05, 0.1) is 6.20 Å². The molecule has 0 saturated carbocycles. The molecule has 16 heavy (non-hydrogen) atoms. The highest BCUT2D eigenvalue weighted by atomic mass is 15.2. The Morgan fingerprint density at radius 1 is 1.50 bits per heavy atom. The molecule has 1 rings (SSSR count). The zero-order chi connectivity index (χ0) is 12.1. The van der Waals surface area contributed by atoms with E-state index in [0.717, 1.165) is 19.6 Å². The first-order chi connectivity index (χ1) is 7.52. The van der Waals surface area contributed by atoms with Crippen molar-refractivity contribution in [2.75, 3.05) is 20.1 Å². The Labute approximate surface area is 98.4 Å². The minimum absolute atomic E-state index is 0.571. The van der Waals surface area contributed by atoms with Gasteiger partial charge in [-0.15, -0.1) is 0 Å². The molecule has 2 N–H and O–H groups in total. The van der Waals surface area contributed by atoms with Crippen LogP contribution in [0.1, 0.15) is 19.4 Å². The van der Waals surface area contributed by atoms with E-state index >= 15 is 0 Å². The van der Waals surface area contributed by atoms with E-state index in [2.05, 4.69) is 37.1 Å². The first-order valence-electron chi connectivity index (χ1n) is 5.89. The molecule has 0 aromatic carbocycles. The smallest absolute Gasteiger partial charge is 0.0534 e. The van der Waals surface area contributed by atoms with Gasteiger partial charge in [-0.1, -0.05) is 13.8 Å². The highest BCUT2D eigenvalue weighted by Crippen LogP contribution is 2.12. The molecule has 0 radical (unpaired) electrons. The molecule has 0 saturated heterocycles. The lowest BCUT2D eigenvalue weighted by Crippen LogP contribution is -2.32. The van der Waals surface area contributed by atoms with E-state index < -0.39 is 0 Å². The van der Waals surface area contributed by atoms with E-state index in [1.807, 2.05) is 17.9 Å². The summed E-state index contributed by atoms with van der Waals surface area (Å²) in [5.41, 5.74) is 7.03. The third-order valence-electron chi connectivity index (χ3n) is 3.00. The Hall–Kier alpha value is -0.870. The third-order valence-corrected chi connectivity index (χ3v) is 3.00. The molecule has 0 fully saturated rings. The van der Waals surface area contributed by atoms with Crippen molar-refractivity contribution in [2.45, 2.75) is 20.4 Å². The highest BCUT2D eigenvalue weighted by Gasteiger charge is 2.14. The topological polar surface area (TPSA) is 47.1 Å². The first kappa shape index (κ1) is 13.2. The molecule has 0 amide bonds. The number of hydrogen-bond donors (Lipinski definition) is 1. The van der Waals surface area contributed by atoms with Crippen molar-refractivity contribution >= 4 is 0 Å². The van der Waals surface area contributed by atoms with Gasteiger partial charge in [0.2, 0.25) is 0 Å². The molecular formula is C12H24N4. The predicted octanol–water partition coefficient (Wildman–Crippen LogP) is 1.08. The Balaban J connectivity index is 2.43. The lowest BCUT2D eigenvalue weighted by Gasteiger charge is -2.25. The van der Waals surface area contributed by atoms with E-state index in [1.54, 1.807) is 0 Å². The minimum Gasteiger partial charge on any atom is -0.330 e. The van der Waals surface area contributed by atoms with Crippen LogP contribution in [-0.4, -0.2) is 34.8 Å². The molecule has 4 heteroatoms. The van der Waals surface area contributed by atoms with Gasteiger partial charge >= 0.3 is 0 Å². The molecule has 1 aromatic rings. The van der Waals surface area contributed by atoms with Crippen LogP contribution in [0.3, 0.4) is 0 Å². The maximum atomic E-state index is 5.78. The van der Waals surface area contributed by atoms with E-state index in [4.69, 9.17) is 5.73 Å². The third kappa shape index (κ3) is 3.94. The first-order valence-corrected chi connectivity index (χ1v) is 5.89. The van der Waals surface area contributed by atoms with Gasteiger partial charge in [0, 0.05) is 31.9 Å². The summed E-state index contributed by atoms with van der Waals surface area (Å²) in [6.07, 6.45) is 3.98. The summed E-state index contributed by atoms with van der Waals surface area (Å²) in [4.78, 5) is 2.31. The van der Waals surface area contributed by atoms with Gasteiger partial charge in [-0.05, 0) is 25.4 Å². The Morgan fingerprint density at radius 3 is 2.62 bits per heavy atom. The summed E-state index contributed by atoms with van der Waals surface area (Å²) < 4.78 is 1.84. The second-order valence-corrected chi connectivity index (χ2v) is 4.96. The van der Waals surface area contributed by atoms with Crippen molar-refractivity contribution in [3.63, 3.8) is 0 Å². The summed E-state index contributed by atoms with van der Waals surface area (Å²) in [5.74, 6) is 1.21. The number of aryl methyl sites for hydroxylation is 1. The molecule has 1 aromatic heterocycles. The van der Waals surface area contributed by atoms with Crippen molar-refractivity contribution in [1.29, 1.82) is 0 Å². The standard InChI is InChI=1S/C12H24N4/c1-10(2)12(5-13)9-15(3)7-11-6-14-16(4)8-11/h6,8,10,12H,5,7,9,13H2,1-4H3. The average molecular weight is 224 g/mol. The average Bonchev–Trinajstić information content (AvgIpc) is 2.60. The van der Waals surface area contributed by atoms with Crippen LogP contribution in [0.2, 0.25) is 0 Å². The molecule has 0 spiro atoms. The van der Waals surface area contributed by atoms with Crippen molar-refractivity contribution < 1.29 is 0 Å². The van der Waals surface area contributed by atoms with Crippen LogP contribution in [-0.2, 0) is 13.6 Å². The molecule has 1 unspecified atom stereocenters. The molecule has 4 nitrogen and oxygen atoms in total. The van der Waals surface area contributed by atoms with Gasteiger partial charge in [-0.2, -0.15) is 5.10 Å². The van der Waals surface area contributed by atoms with Crippen LogP contribution in [0.4, 0.5) is 0 Å². The zero-order valence-corrected chi connectivity index (χ0v) is 10.8. The Kier molecular flexibility index (Phi) is 4.96. The van der Waals surface area contributed by atoms with Gasteiger partial charge in [-0.25, -0.2) is 0 Å². The zero-order valence-electron chi connectivity index (χ0n) is 10.8. The van der Waals surface area contributed by atoms with Crippen molar-refractivity contribution in [1.82, 2.24) is 14.7 Å². The molecule has 0 aliphatic carbocycles. The van der Waals surface area contributed by atoms with Crippen molar-refractivity contribution in [3.8, 4) is 0 Å². The Morgan fingerprint density at radius 2 is 2.19 bits per heavy atom. The quantitative estimate of drug-likeness (QED) is 0.786. The number of nitrogens with two attached hydrogens (primary N) is 1. The number of nitrogens with zero attached hydrogens (tertiary/aromatic N) is 3. The van der Waals surface area contributed by atoms with E-state index in [0.29, 0.717) is 11.8 Å². The van der Waals surface area contributed by atoms with Crippen molar-refractivity contribution in [2.24, 2.45) is 24.6 Å². The largest absolute Gasteiger partial charge is 0.330 e. The highest BCUT2D eigenvalue weighted by molar-refractivity contribution is 5.02. The van der Waals surface area contributed by atoms with Crippen molar-refractivity contribution in [3.05, 3.63) is 18.0 Å². The SMILES string of the molecule is CC(C)C(CN)CN(C)Cc1cnn(C)c1. The van der Waals surface area contributed by atoms with Crippen LogP contribution in [0.25, 0.3) is 0 Å². The molecule has 0 bridgehead atoms. The summed E-state index contributed by atoms with van der Waals surface area (Å²) in [7, 11) is 4.08. The number of aromatic nitrogens is 2. The maximum Gasteiger partial charge on any atom is 0.0534 e. The van der Waals surface area contributed by atoms with Gasteiger partial charge in [0.1, 0.15) is 0 Å². The predicted molar refractivity (Wildman–Crippen MR) is 66.9 cm³/mol. The molecule has 92 valence electrons. The second kappa shape index (κ2) is 6.01. The minimum atomic E-state index is 0.571. The van der Waals surface area contributed by atoms with Crippen LogP contribution < -0.4 is 5.73 Å². The summed E-state index contributed by atoms with van der Waals surface area (Å²) in [5, 5.41) is 4.17.